The Kier molecular flexibility index (Phi) is 6.30. The Morgan fingerprint density at radius 3 is 2.53 bits per heavy atom. The van der Waals surface area contributed by atoms with Gasteiger partial charge in [-0.25, -0.2) is 9.59 Å². The van der Waals surface area contributed by atoms with E-state index in [4.69, 9.17) is 13.9 Å². The number of furan rings is 1. The van der Waals surface area contributed by atoms with Gasteiger partial charge in [-0.15, -0.1) is 0 Å². The monoisotopic (exact) mass is 414 g/mol. The van der Waals surface area contributed by atoms with E-state index in [1.165, 1.54) is 6.08 Å². The highest BCUT2D eigenvalue weighted by molar-refractivity contribution is 5.87. The minimum absolute atomic E-state index is 0.109. The summed E-state index contributed by atoms with van der Waals surface area (Å²) in [7, 11) is 0. The van der Waals surface area contributed by atoms with Crippen molar-refractivity contribution in [3.63, 3.8) is 0 Å². The SMILES string of the molecule is C/C=C(/C)C(=O)O[C@H]1CC[C@@H]2[C@@H](OC(=O)C=C(C)C)c3occ(C)c3C[C@]2(C)[C@H]1C. The number of fused-ring (bicyclic) bond motifs is 2. The number of carbonyl (C=O) groups excluding carboxylic acids is 2. The van der Waals surface area contributed by atoms with Crippen LogP contribution in [0.3, 0.4) is 0 Å². The van der Waals surface area contributed by atoms with Crippen LogP contribution in [0, 0.1) is 24.2 Å². The molecule has 0 spiro atoms. The van der Waals surface area contributed by atoms with Crippen molar-refractivity contribution in [2.75, 3.05) is 0 Å². The molecule has 164 valence electrons. The summed E-state index contributed by atoms with van der Waals surface area (Å²) in [6.07, 6.45) is 6.85. The standard InChI is InChI=1S/C25H34O5/c1-8-15(4)24(27)29-20-10-9-19-23(30-21(26)11-14(2)3)22-18(16(5)13-28-22)12-25(19,7)17(20)6/h8,11,13,17,19-20,23H,9-10,12H2,1-7H3/b15-8-/t17-,19+,20-,23+,25+/m0/s1. The first-order chi connectivity index (χ1) is 14.1. The normalized spacial score (nSPS) is 30.7. The van der Waals surface area contributed by atoms with Gasteiger partial charge in [-0.1, -0.05) is 25.5 Å². The molecule has 5 heteroatoms. The van der Waals surface area contributed by atoms with E-state index in [0.29, 0.717) is 5.57 Å². The van der Waals surface area contributed by atoms with Crippen LogP contribution in [0.1, 0.15) is 77.4 Å². The first kappa shape index (κ1) is 22.4. The van der Waals surface area contributed by atoms with E-state index in [2.05, 4.69) is 13.8 Å². The van der Waals surface area contributed by atoms with Gasteiger partial charge in [0.2, 0.25) is 0 Å². The maximum absolute atomic E-state index is 12.5. The van der Waals surface area contributed by atoms with Crippen LogP contribution >= 0.6 is 0 Å². The van der Waals surface area contributed by atoms with Gasteiger partial charge in [-0.05, 0) is 70.8 Å². The largest absolute Gasteiger partial charge is 0.465 e. The van der Waals surface area contributed by atoms with Gasteiger partial charge in [-0.3, -0.25) is 0 Å². The fourth-order valence-corrected chi connectivity index (χ4v) is 5.03. The molecule has 1 saturated carbocycles. The minimum atomic E-state index is -0.424. The van der Waals surface area contributed by atoms with Crippen molar-refractivity contribution in [1.82, 2.24) is 0 Å². The van der Waals surface area contributed by atoms with E-state index in [-0.39, 0.29) is 35.3 Å². The van der Waals surface area contributed by atoms with E-state index in [1.54, 1.807) is 19.3 Å². The molecule has 0 aliphatic heterocycles. The van der Waals surface area contributed by atoms with Crippen LogP contribution in [-0.4, -0.2) is 18.0 Å². The second-order valence-corrected chi connectivity index (χ2v) is 9.41. The molecule has 0 amide bonds. The molecule has 30 heavy (non-hydrogen) atoms. The molecular formula is C25H34O5. The average Bonchev–Trinajstić information content (AvgIpc) is 3.03. The van der Waals surface area contributed by atoms with Crippen LogP contribution in [0.2, 0.25) is 0 Å². The maximum atomic E-state index is 12.5. The Morgan fingerprint density at radius 1 is 1.20 bits per heavy atom. The Balaban J connectivity index is 1.93. The highest BCUT2D eigenvalue weighted by atomic mass is 16.6. The van der Waals surface area contributed by atoms with Gasteiger partial charge in [0, 0.05) is 23.1 Å². The highest BCUT2D eigenvalue weighted by Crippen LogP contribution is 2.58. The molecule has 0 bridgehead atoms. The topological polar surface area (TPSA) is 65.7 Å². The van der Waals surface area contributed by atoms with Crippen molar-refractivity contribution in [2.45, 2.75) is 79.9 Å². The Morgan fingerprint density at radius 2 is 1.90 bits per heavy atom. The van der Waals surface area contributed by atoms with Crippen molar-refractivity contribution in [3.05, 3.63) is 46.4 Å². The zero-order valence-electron chi connectivity index (χ0n) is 19.2. The van der Waals surface area contributed by atoms with E-state index in [9.17, 15) is 9.59 Å². The summed E-state index contributed by atoms with van der Waals surface area (Å²) in [5, 5.41) is 0. The quantitative estimate of drug-likeness (QED) is 0.472. The van der Waals surface area contributed by atoms with Crippen LogP contribution in [0.4, 0.5) is 0 Å². The first-order valence-electron chi connectivity index (χ1n) is 10.8. The van der Waals surface area contributed by atoms with Crippen molar-refractivity contribution < 1.29 is 23.5 Å². The second-order valence-electron chi connectivity index (χ2n) is 9.41. The predicted octanol–water partition coefficient (Wildman–Crippen LogP) is 5.63. The lowest BCUT2D eigenvalue weighted by Crippen LogP contribution is -2.52. The summed E-state index contributed by atoms with van der Waals surface area (Å²) in [6.45, 7) is 13.8. The third kappa shape index (κ3) is 3.99. The number of esters is 2. The highest BCUT2D eigenvalue weighted by Gasteiger charge is 2.55. The molecule has 0 saturated heterocycles. The average molecular weight is 415 g/mol. The molecule has 1 aromatic rings. The summed E-state index contributed by atoms with van der Waals surface area (Å²) in [5.74, 6) is 0.417. The summed E-state index contributed by atoms with van der Waals surface area (Å²) < 4.78 is 17.7. The third-order valence-electron chi connectivity index (χ3n) is 7.19. The zero-order chi connectivity index (χ0) is 22.2. The molecule has 0 N–H and O–H groups in total. The van der Waals surface area contributed by atoms with Crippen LogP contribution in [0.15, 0.2) is 34.0 Å². The fraction of sp³-hybridized carbons (Fsp3) is 0.600. The number of allylic oxidation sites excluding steroid dienone is 2. The van der Waals surface area contributed by atoms with E-state index in [0.717, 1.165) is 41.7 Å². The van der Waals surface area contributed by atoms with Gasteiger partial charge in [0.1, 0.15) is 11.9 Å². The first-order valence-corrected chi connectivity index (χ1v) is 10.8. The van der Waals surface area contributed by atoms with E-state index >= 15 is 0 Å². The van der Waals surface area contributed by atoms with Crippen LogP contribution in [-0.2, 0) is 25.5 Å². The van der Waals surface area contributed by atoms with Gasteiger partial charge in [0.25, 0.3) is 0 Å². The lowest BCUT2D eigenvalue weighted by Gasteiger charge is -2.53. The third-order valence-corrected chi connectivity index (χ3v) is 7.19. The molecule has 0 unspecified atom stereocenters. The summed E-state index contributed by atoms with van der Waals surface area (Å²) in [4.78, 5) is 24.9. The Bertz CT molecular complexity index is 885. The lowest BCUT2D eigenvalue weighted by atomic mass is 9.54. The van der Waals surface area contributed by atoms with Gasteiger partial charge in [0.05, 0.1) is 6.26 Å². The molecule has 1 aromatic heterocycles. The van der Waals surface area contributed by atoms with Gasteiger partial charge in [-0.2, -0.15) is 0 Å². The summed E-state index contributed by atoms with van der Waals surface area (Å²) in [5.41, 5.74) is 3.54. The molecule has 1 heterocycles. The number of aryl methyl sites for hydroxylation is 1. The van der Waals surface area contributed by atoms with Crippen LogP contribution in [0.25, 0.3) is 0 Å². The molecule has 5 nitrogen and oxygen atoms in total. The van der Waals surface area contributed by atoms with Crippen LogP contribution in [0.5, 0.6) is 0 Å². The molecule has 2 aliphatic carbocycles. The van der Waals surface area contributed by atoms with Crippen molar-refractivity contribution in [3.8, 4) is 0 Å². The molecular weight excluding hydrogens is 380 g/mol. The zero-order valence-corrected chi connectivity index (χ0v) is 19.2. The van der Waals surface area contributed by atoms with Gasteiger partial charge >= 0.3 is 11.9 Å². The smallest absolute Gasteiger partial charge is 0.333 e. The molecule has 1 fully saturated rings. The van der Waals surface area contributed by atoms with E-state index in [1.807, 2.05) is 27.7 Å². The summed E-state index contributed by atoms with van der Waals surface area (Å²) in [6, 6.07) is 0. The molecule has 5 atom stereocenters. The van der Waals surface area contributed by atoms with Gasteiger partial charge in [0.15, 0.2) is 6.10 Å². The fourth-order valence-electron chi connectivity index (χ4n) is 5.03. The summed E-state index contributed by atoms with van der Waals surface area (Å²) >= 11 is 0. The van der Waals surface area contributed by atoms with Crippen molar-refractivity contribution >= 4 is 11.9 Å². The van der Waals surface area contributed by atoms with Gasteiger partial charge < -0.3 is 13.9 Å². The number of rotatable bonds is 4. The van der Waals surface area contributed by atoms with Crippen molar-refractivity contribution in [1.29, 1.82) is 0 Å². The van der Waals surface area contributed by atoms with Crippen LogP contribution < -0.4 is 0 Å². The number of ether oxygens (including phenoxy) is 2. The Labute approximate surface area is 179 Å². The number of carbonyl (C=O) groups is 2. The molecule has 0 radical (unpaired) electrons. The number of hydrogen-bond donors (Lipinski definition) is 0. The maximum Gasteiger partial charge on any atom is 0.333 e. The van der Waals surface area contributed by atoms with E-state index < -0.39 is 6.10 Å². The minimum Gasteiger partial charge on any atom is -0.465 e. The molecule has 0 aromatic carbocycles. The second kappa shape index (κ2) is 8.44. The molecule has 2 aliphatic rings. The lowest BCUT2D eigenvalue weighted by molar-refractivity contribution is -0.171. The predicted molar refractivity (Wildman–Crippen MR) is 115 cm³/mol. The van der Waals surface area contributed by atoms with Crippen molar-refractivity contribution in [2.24, 2.45) is 17.3 Å². The Hall–Kier alpha value is -2.30. The number of hydrogen-bond acceptors (Lipinski definition) is 5. The molecule has 3 rings (SSSR count).